The fraction of sp³-hybridized carbons (Fsp3) is 0.250. The Balaban J connectivity index is 1.32. The maximum atomic E-state index is 13.6. The van der Waals surface area contributed by atoms with Crippen LogP contribution in [0.3, 0.4) is 0 Å². The molecule has 3 aromatic carbocycles. The van der Waals surface area contributed by atoms with E-state index in [-0.39, 0.29) is 6.04 Å². The van der Waals surface area contributed by atoms with Gasteiger partial charge in [0.1, 0.15) is 5.82 Å². The number of benzene rings is 3. The zero-order valence-electron chi connectivity index (χ0n) is 18.1. The third-order valence-corrected chi connectivity index (χ3v) is 9.04. The van der Waals surface area contributed by atoms with E-state index in [1.807, 2.05) is 61.5 Å². The predicted molar refractivity (Wildman–Crippen MR) is 134 cm³/mol. The minimum atomic E-state index is -3.62. The molecule has 1 saturated heterocycles. The van der Waals surface area contributed by atoms with Gasteiger partial charge in [-0.05, 0) is 36.1 Å². The second kappa shape index (κ2) is 9.02. The molecule has 0 amide bonds. The highest BCUT2D eigenvalue weighted by Gasteiger charge is 2.35. The fourth-order valence-corrected chi connectivity index (χ4v) is 6.92. The third-order valence-electron chi connectivity index (χ3n) is 5.91. The first-order valence-corrected chi connectivity index (χ1v) is 13.3. The van der Waals surface area contributed by atoms with Crippen LogP contribution in [0.2, 0.25) is 5.02 Å². The topological polar surface area (TPSA) is 66.4 Å². The Morgan fingerprint density at radius 3 is 2.58 bits per heavy atom. The Kier molecular flexibility index (Phi) is 6.09. The lowest BCUT2D eigenvalue weighted by Crippen LogP contribution is -2.54. The second-order valence-electron chi connectivity index (χ2n) is 8.18. The highest BCUT2D eigenvalue weighted by atomic mass is 35.5. The normalized spacial score (nSPS) is 17.5. The molecule has 6 nitrogen and oxygen atoms in total. The number of fused-ring (bicyclic) bond motifs is 1. The Morgan fingerprint density at radius 1 is 1.03 bits per heavy atom. The van der Waals surface area contributed by atoms with Crippen LogP contribution in [0.15, 0.2) is 71.6 Å². The number of anilines is 1. The van der Waals surface area contributed by atoms with Gasteiger partial charge in [0.25, 0.3) is 0 Å². The zero-order valence-corrected chi connectivity index (χ0v) is 20.4. The molecule has 1 unspecified atom stereocenters. The van der Waals surface area contributed by atoms with Gasteiger partial charge in [-0.25, -0.2) is 13.4 Å². The van der Waals surface area contributed by atoms with Crippen molar-refractivity contribution in [2.75, 3.05) is 24.5 Å². The van der Waals surface area contributed by atoms with E-state index in [1.54, 1.807) is 16.4 Å². The van der Waals surface area contributed by atoms with Crippen molar-refractivity contribution in [1.82, 2.24) is 13.7 Å². The van der Waals surface area contributed by atoms with Crippen LogP contribution >= 0.6 is 23.1 Å². The third kappa shape index (κ3) is 4.48. The number of nitrogens with zero attached hydrogens (tertiary/aromatic N) is 4. The van der Waals surface area contributed by atoms with Crippen LogP contribution in [-0.2, 0) is 16.4 Å². The summed E-state index contributed by atoms with van der Waals surface area (Å²) < 4.78 is 33.2. The molecule has 1 aliphatic rings. The van der Waals surface area contributed by atoms with E-state index < -0.39 is 10.0 Å². The van der Waals surface area contributed by atoms with Gasteiger partial charge in [-0.15, -0.1) is 0 Å². The molecule has 1 atom stereocenters. The summed E-state index contributed by atoms with van der Waals surface area (Å²) in [6.45, 7) is 3.49. The Bertz CT molecular complexity index is 1380. The van der Waals surface area contributed by atoms with Crippen molar-refractivity contribution in [1.29, 1.82) is 0 Å². The van der Waals surface area contributed by atoms with Gasteiger partial charge in [0.05, 0.1) is 4.90 Å². The van der Waals surface area contributed by atoms with Gasteiger partial charge in [-0.3, -0.25) is 0 Å². The number of piperazine rings is 1. The number of halogens is 1. The van der Waals surface area contributed by atoms with E-state index in [2.05, 4.69) is 9.27 Å². The second-order valence-corrected chi connectivity index (χ2v) is 11.2. The molecule has 4 aromatic rings. The molecule has 0 aliphatic carbocycles. The summed E-state index contributed by atoms with van der Waals surface area (Å²) in [5.41, 5.74) is 1.10. The molecule has 33 heavy (non-hydrogen) atoms. The van der Waals surface area contributed by atoms with Crippen molar-refractivity contribution in [3.63, 3.8) is 0 Å². The van der Waals surface area contributed by atoms with E-state index in [9.17, 15) is 8.42 Å². The molecule has 5 rings (SSSR count). The van der Waals surface area contributed by atoms with Gasteiger partial charge in [0.15, 0.2) is 0 Å². The monoisotopic (exact) mass is 498 g/mol. The standard InChI is InChI=1S/C24H23ClN4O2S2/c1-17-16-28(24-26-23(27-32-24)15-18-9-11-20(25)12-10-18)13-14-29(17)33(30,31)22-8-4-6-19-5-2-3-7-21(19)22/h2-12,17H,13-16H2,1H3. The highest BCUT2D eigenvalue weighted by molar-refractivity contribution is 7.89. The van der Waals surface area contributed by atoms with E-state index in [1.165, 1.54) is 11.5 Å². The van der Waals surface area contributed by atoms with E-state index in [0.29, 0.717) is 36.0 Å². The average molecular weight is 499 g/mol. The highest BCUT2D eigenvalue weighted by Crippen LogP contribution is 2.30. The summed E-state index contributed by atoms with van der Waals surface area (Å²) in [6, 6.07) is 20.5. The maximum absolute atomic E-state index is 13.6. The molecule has 0 spiro atoms. The summed E-state index contributed by atoms with van der Waals surface area (Å²) in [6.07, 6.45) is 0.638. The van der Waals surface area contributed by atoms with Gasteiger partial charge >= 0.3 is 0 Å². The summed E-state index contributed by atoms with van der Waals surface area (Å²) in [7, 11) is -3.62. The molecule has 0 N–H and O–H groups in total. The van der Waals surface area contributed by atoms with Gasteiger partial charge in [-0.1, -0.05) is 60.1 Å². The number of hydrogen-bond acceptors (Lipinski definition) is 6. The molecule has 2 heterocycles. The average Bonchev–Trinajstić information content (AvgIpc) is 3.28. The molecular weight excluding hydrogens is 476 g/mol. The van der Waals surface area contributed by atoms with Crippen LogP contribution in [0.25, 0.3) is 10.8 Å². The quantitative estimate of drug-likeness (QED) is 0.394. The molecular formula is C24H23ClN4O2S2. The Hall–Kier alpha value is -2.52. The number of hydrogen-bond donors (Lipinski definition) is 0. The van der Waals surface area contributed by atoms with Crippen molar-refractivity contribution in [3.05, 3.63) is 83.1 Å². The maximum Gasteiger partial charge on any atom is 0.244 e. The Labute approximate surface area is 202 Å². The van der Waals surface area contributed by atoms with Crippen molar-refractivity contribution in [3.8, 4) is 0 Å². The van der Waals surface area contributed by atoms with Crippen molar-refractivity contribution in [2.24, 2.45) is 0 Å². The zero-order chi connectivity index (χ0) is 23.0. The summed E-state index contributed by atoms with van der Waals surface area (Å²) >= 11 is 7.32. The minimum absolute atomic E-state index is 0.189. The van der Waals surface area contributed by atoms with Crippen LogP contribution in [0.1, 0.15) is 18.3 Å². The van der Waals surface area contributed by atoms with Gasteiger partial charge in [-0.2, -0.15) is 8.68 Å². The molecule has 1 aliphatic heterocycles. The molecule has 1 fully saturated rings. The SMILES string of the molecule is CC1CN(c2nc(Cc3ccc(Cl)cc3)ns2)CCN1S(=O)(=O)c1cccc2ccccc12. The summed E-state index contributed by atoms with van der Waals surface area (Å²) in [4.78, 5) is 7.20. The van der Waals surface area contributed by atoms with Gasteiger partial charge < -0.3 is 4.90 Å². The van der Waals surface area contributed by atoms with Crippen LogP contribution in [0, 0.1) is 0 Å². The Morgan fingerprint density at radius 2 is 1.79 bits per heavy atom. The molecule has 0 bridgehead atoms. The molecule has 170 valence electrons. The first kappa shape index (κ1) is 22.3. The lowest BCUT2D eigenvalue weighted by Gasteiger charge is -2.38. The lowest BCUT2D eigenvalue weighted by molar-refractivity contribution is 0.307. The number of sulfonamides is 1. The van der Waals surface area contributed by atoms with Crippen molar-refractivity contribution >= 4 is 49.1 Å². The minimum Gasteiger partial charge on any atom is -0.344 e. The van der Waals surface area contributed by atoms with E-state index in [4.69, 9.17) is 16.6 Å². The molecule has 0 radical (unpaired) electrons. The fourth-order valence-electron chi connectivity index (χ4n) is 4.25. The first-order chi connectivity index (χ1) is 15.9. The van der Waals surface area contributed by atoms with Gasteiger partial charge in [0.2, 0.25) is 15.2 Å². The lowest BCUT2D eigenvalue weighted by atomic mass is 10.1. The number of rotatable bonds is 5. The predicted octanol–water partition coefficient (Wildman–Crippen LogP) is 4.83. The summed E-state index contributed by atoms with van der Waals surface area (Å²) in [5.74, 6) is 0.760. The molecule has 9 heteroatoms. The van der Waals surface area contributed by atoms with Crippen LogP contribution in [-0.4, -0.2) is 47.8 Å². The molecule has 0 saturated carbocycles. The largest absolute Gasteiger partial charge is 0.344 e. The van der Waals surface area contributed by atoms with Crippen molar-refractivity contribution in [2.45, 2.75) is 24.3 Å². The van der Waals surface area contributed by atoms with Crippen molar-refractivity contribution < 1.29 is 8.42 Å². The molecule has 1 aromatic heterocycles. The van der Waals surface area contributed by atoms with Crippen LogP contribution in [0.5, 0.6) is 0 Å². The first-order valence-electron chi connectivity index (χ1n) is 10.7. The van der Waals surface area contributed by atoms with E-state index >= 15 is 0 Å². The summed E-state index contributed by atoms with van der Waals surface area (Å²) in [5, 5.41) is 3.21. The smallest absolute Gasteiger partial charge is 0.244 e. The van der Waals surface area contributed by atoms with Crippen LogP contribution < -0.4 is 4.90 Å². The van der Waals surface area contributed by atoms with Gasteiger partial charge in [0, 0.05) is 54.0 Å². The van der Waals surface area contributed by atoms with E-state index in [0.717, 1.165) is 27.3 Å². The number of aromatic nitrogens is 2. The van der Waals surface area contributed by atoms with Crippen LogP contribution in [0.4, 0.5) is 5.13 Å².